The Labute approximate surface area is 321 Å². The van der Waals surface area contributed by atoms with Crippen LogP contribution in [-0.4, -0.2) is 0 Å². The Morgan fingerprint density at radius 3 is 1.39 bits per heavy atom. The monoisotopic (exact) mass is 720 g/mol. The van der Waals surface area contributed by atoms with Gasteiger partial charge in [-0.15, -0.1) is 22.7 Å². The van der Waals surface area contributed by atoms with Crippen molar-refractivity contribution in [3.8, 4) is 33.4 Å². The number of fused-ring (bicyclic) bond motifs is 11. The minimum absolute atomic E-state index is 1.18. The number of rotatable bonds is 3. The van der Waals surface area contributed by atoms with Crippen LogP contribution >= 0.6 is 22.7 Å². The summed E-state index contributed by atoms with van der Waals surface area (Å²) in [6.07, 6.45) is 0. The molecule has 0 atom stereocenters. The highest BCUT2D eigenvalue weighted by Gasteiger charge is 2.17. The average Bonchev–Trinajstić information content (AvgIpc) is 3.80. The minimum atomic E-state index is 1.18. The SMILES string of the molecule is c1cccc(-c2c3ccccc3c(-c3ccccc3)c3ccccc23)ccc(-c2ccc3c(c2)sc2ccc4c(ccc5c6ccccc6sc54)c23)cc1. The molecule has 252 valence electrons. The number of hydrogen-bond donors (Lipinski definition) is 0. The van der Waals surface area contributed by atoms with Gasteiger partial charge in [0, 0.05) is 45.7 Å². The van der Waals surface area contributed by atoms with Crippen molar-refractivity contribution in [1.29, 1.82) is 0 Å². The van der Waals surface area contributed by atoms with E-state index < -0.39 is 0 Å². The highest BCUT2D eigenvalue weighted by atomic mass is 32.1. The lowest BCUT2D eigenvalue weighted by atomic mass is 9.86. The fourth-order valence-electron chi connectivity index (χ4n) is 8.49. The number of thiophene rings is 2. The Kier molecular flexibility index (Phi) is 7.33. The summed E-state index contributed by atoms with van der Waals surface area (Å²) in [5.41, 5.74) is 7.35. The predicted molar refractivity (Wildman–Crippen MR) is 239 cm³/mol. The highest BCUT2D eigenvalue weighted by molar-refractivity contribution is 7.27. The molecule has 0 radical (unpaired) electrons. The van der Waals surface area contributed by atoms with Crippen LogP contribution in [-0.2, 0) is 0 Å². The Morgan fingerprint density at radius 2 is 0.704 bits per heavy atom. The maximum atomic E-state index is 2.39. The first-order chi connectivity index (χ1) is 26.8. The summed E-state index contributed by atoms with van der Waals surface area (Å²) >= 11 is 3.80. The van der Waals surface area contributed by atoms with Crippen molar-refractivity contribution in [3.63, 3.8) is 0 Å². The molecule has 0 aliphatic rings. The molecule has 0 aliphatic carbocycles. The molecule has 0 amide bonds. The molecule has 0 aliphatic heterocycles. The van der Waals surface area contributed by atoms with Gasteiger partial charge in [-0.05, 0) is 78.5 Å². The largest absolute Gasteiger partial charge is 0.135 e. The van der Waals surface area contributed by atoms with E-state index in [2.05, 4.69) is 194 Å². The topological polar surface area (TPSA) is 0 Å². The van der Waals surface area contributed by atoms with Crippen LogP contribution in [0.5, 0.6) is 0 Å². The summed E-state index contributed by atoms with van der Waals surface area (Å²) in [6.45, 7) is 0. The molecule has 0 spiro atoms. The van der Waals surface area contributed by atoms with E-state index in [1.807, 2.05) is 22.7 Å². The normalized spacial score (nSPS) is 11.7. The van der Waals surface area contributed by atoms with E-state index in [4.69, 9.17) is 0 Å². The molecule has 0 saturated heterocycles. The molecule has 0 N–H and O–H groups in total. The second kappa shape index (κ2) is 12.7. The van der Waals surface area contributed by atoms with Gasteiger partial charge in [0.05, 0.1) is 0 Å². The van der Waals surface area contributed by atoms with Crippen molar-refractivity contribution in [2.45, 2.75) is 0 Å². The van der Waals surface area contributed by atoms with E-state index in [1.54, 1.807) is 0 Å². The maximum Gasteiger partial charge on any atom is 0.0434 e. The van der Waals surface area contributed by atoms with Gasteiger partial charge in [-0.3, -0.25) is 0 Å². The van der Waals surface area contributed by atoms with Gasteiger partial charge in [0.15, 0.2) is 0 Å². The second-order valence-electron chi connectivity index (χ2n) is 13.9. The Hall–Kier alpha value is -6.32. The minimum Gasteiger partial charge on any atom is -0.135 e. The summed E-state index contributed by atoms with van der Waals surface area (Å²) in [4.78, 5) is 0. The Bertz CT molecular complexity index is 3270. The zero-order chi connectivity index (χ0) is 35.6. The second-order valence-corrected chi connectivity index (χ2v) is 16.1. The van der Waals surface area contributed by atoms with E-state index in [0.29, 0.717) is 0 Å². The number of hydrogen-bond acceptors (Lipinski definition) is 2. The smallest absolute Gasteiger partial charge is 0.0434 e. The van der Waals surface area contributed by atoms with Gasteiger partial charge in [-0.1, -0.05) is 176 Å². The van der Waals surface area contributed by atoms with Gasteiger partial charge in [0.25, 0.3) is 0 Å². The molecule has 11 rings (SSSR count). The molecule has 0 saturated carbocycles. The first-order valence-electron chi connectivity index (χ1n) is 18.4. The van der Waals surface area contributed by atoms with Crippen molar-refractivity contribution < 1.29 is 0 Å². The van der Waals surface area contributed by atoms with E-state index in [-0.39, 0.29) is 0 Å². The first kappa shape index (κ1) is 31.2. The van der Waals surface area contributed by atoms with E-state index in [0.717, 1.165) is 0 Å². The Balaban J connectivity index is 1.09. The van der Waals surface area contributed by atoms with E-state index in [1.165, 1.54) is 106 Å². The molecule has 11 aromatic rings. The van der Waals surface area contributed by atoms with Crippen LogP contribution in [0.1, 0.15) is 0 Å². The third kappa shape index (κ3) is 4.95. The molecule has 0 nitrogen and oxygen atoms in total. The van der Waals surface area contributed by atoms with Crippen LogP contribution in [0, 0.1) is 0 Å². The molecule has 54 heavy (non-hydrogen) atoms. The van der Waals surface area contributed by atoms with Crippen LogP contribution < -0.4 is 0 Å². The summed E-state index contributed by atoms with van der Waals surface area (Å²) in [7, 11) is 0. The number of benzene rings is 8. The zero-order valence-electron chi connectivity index (χ0n) is 29.3. The van der Waals surface area contributed by atoms with Crippen LogP contribution in [0.15, 0.2) is 194 Å². The van der Waals surface area contributed by atoms with Crippen LogP contribution in [0.4, 0.5) is 0 Å². The predicted octanol–water partition coefficient (Wildman–Crippen LogP) is 16.0. The van der Waals surface area contributed by atoms with Crippen molar-refractivity contribution >= 4 is 95.3 Å². The third-order valence-corrected chi connectivity index (χ3v) is 13.3. The molecule has 2 heterocycles. The quantitative estimate of drug-likeness (QED) is 0.159. The van der Waals surface area contributed by atoms with Gasteiger partial charge >= 0.3 is 0 Å². The molecule has 2 heteroatoms. The van der Waals surface area contributed by atoms with E-state index >= 15 is 0 Å². The fraction of sp³-hybridized carbons (Fsp3) is 0. The molecule has 0 fully saturated rings. The molecular formula is C52H32S2. The molecule has 9 aromatic carbocycles. The molecular weight excluding hydrogens is 689 g/mol. The Morgan fingerprint density at radius 1 is 0.241 bits per heavy atom. The van der Waals surface area contributed by atoms with Crippen molar-refractivity contribution in [3.05, 3.63) is 194 Å². The standard InChI is InChI=1S/C52H32S2/c1-2-5-17-35(50-40-21-10-8-19-38(40)49(34-15-6-3-7-16-34)39-20-9-11-22-41(39)50)25-24-33(14-4-1)36-26-27-45-48(32-36)53-47-31-30-44-42(51(45)47)28-29-43-37-18-12-13-23-46(37)54-52(43)44/h1-32H. The molecule has 2 aromatic heterocycles. The summed E-state index contributed by atoms with van der Waals surface area (Å²) in [6, 6.07) is 71.4. The maximum absolute atomic E-state index is 2.39. The van der Waals surface area contributed by atoms with Crippen molar-refractivity contribution in [2.24, 2.45) is 0 Å². The van der Waals surface area contributed by atoms with Crippen molar-refractivity contribution in [1.82, 2.24) is 0 Å². The lowest BCUT2D eigenvalue weighted by Gasteiger charge is -2.17. The van der Waals surface area contributed by atoms with Crippen LogP contribution in [0.2, 0.25) is 0 Å². The first-order valence-corrected chi connectivity index (χ1v) is 20.1. The van der Waals surface area contributed by atoms with Crippen LogP contribution in [0.3, 0.4) is 0 Å². The molecule has 0 bridgehead atoms. The lowest BCUT2D eigenvalue weighted by molar-refractivity contribution is 1.65. The summed E-state index contributed by atoms with van der Waals surface area (Å²) in [5, 5.41) is 13.1. The van der Waals surface area contributed by atoms with Gasteiger partial charge < -0.3 is 0 Å². The van der Waals surface area contributed by atoms with Gasteiger partial charge in [0.2, 0.25) is 0 Å². The van der Waals surface area contributed by atoms with E-state index in [9.17, 15) is 0 Å². The average molecular weight is 721 g/mol. The van der Waals surface area contributed by atoms with Gasteiger partial charge in [-0.2, -0.15) is 0 Å². The molecule has 0 unspecified atom stereocenters. The van der Waals surface area contributed by atoms with Crippen LogP contribution in [0.25, 0.3) is 106 Å². The fourth-order valence-corrected chi connectivity index (χ4v) is 10.9. The summed E-state index contributed by atoms with van der Waals surface area (Å²) in [5.74, 6) is 0. The van der Waals surface area contributed by atoms with Gasteiger partial charge in [-0.25, -0.2) is 0 Å². The lowest BCUT2D eigenvalue weighted by Crippen LogP contribution is -1.90. The van der Waals surface area contributed by atoms with Gasteiger partial charge in [0.1, 0.15) is 0 Å². The highest BCUT2D eigenvalue weighted by Crippen LogP contribution is 2.46. The summed E-state index contributed by atoms with van der Waals surface area (Å²) < 4.78 is 5.37. The van der Waals surface area contributed by atoms with Crippen molar-refractivity contribution in [2.75, 3.05) is 0 Å². The zero-order valence-corrected chi connectivity index (χ0v) is 30.9. The third-order valence-electron chi connectivity index (χ3n) is 10.9.